The monoisotopic (exact) mass is 533 g/mol. The predicted molar refractivity (Wildman–Crippen MR) is 145 cm³/mol. The lowest BCUT2D eigenvalue weighted by Gasteiger charge is -2.38. The van der Waals surface area contributed by atoms with Crippen molar-refractivity contribution >= 4 is 18.0 Å². The number of nitrogens with one attached hydrogen (secondary N) is 3. The third-order valence-electron chi connectivity index (χ3n) is 7.62. The molecule has 0 aromatic heterocycles. The molecule has 1 unspecified atom stereocenters. The van der Waals surface area contributed by atoms with E-state index in [0.29, 0.717) is 39.1 Å². The van der Waals surface area contributed by atoms with Gasteiger partial charge in [-0.2, -0.15) is 5.26 Å². The van der Waals surface area contributed by atoms with Gasteiger partial charge < -0.3 is 24.6 Å². The normalized spacial score (nSPS) is 22.4. The fraction of sp³-hybridized carbons (Fsp3) is 0.852. The molecule has 0 aromatic rings. The van der Waals surface area contributed by atoms with Crippen LogP contribution in [0.3, 0.4) is 0 Å². The van der Waals surface area contributed by atoms with Crippen molar-refractivity contribution < 1.29 is 19.1 Å². The van der Waals surface area contributed by atoms with E-state index in [-0.39, 0.29) is 24.5 Å². The molecular formula is C27H47N7O4. The molecular weight excluding hydrogens is 486 g/mol. The number of carbonyl (C=O) groups excluding carboxylic acids is 2. The highest BCUT2D eigenvalue weighted by Gasteiger charge is 2.38. The van der Waals surface area contributed by atoms with Gasteiger partial charge in [0.05, 0.1) is 25.9 Å². The molecule has 38 heavy (non-hydrogen) atoms. The lowest BCUT2D eigenvalue weighted by atomic mass is 9.88. The number of nitrogens with zero attached hydrogens (tertiary/aromatic N) is 4. The highest BCUT2D eigenvalue weighted by Crippen LogP contribution is 2.23. The Labute approximate surface area is 227 Å². The molecule has 2 saturated heterocycles. The maximum atomic E-state index is 13.8. The Morgan fingerprint density at radius 2 is 1.74 bits per heavy atom. The van der Waals surface area contributed by atoms with Gasteiger partial charge in [0, 0.05) is 32.2 Å². The molecule has 3 fully saturated rings. The van der Waals surface area contributed by atoms with Crippen LogP contribution in [0.15, 0.2) is 4.99 Å². The van der Waals surface area contributed by atoms with Crippen molar-refractivity contribution in [3.05, 3.63) is 0 Å². The summed E-state index contributed by atoms with van der Waals surface area (Å²) in [5, 5.41) is 19.4. The van der Waals surface area contributed by atoms with Gasteiger partial charge in [0.25, 0.3) is 5.91 Å². The number of amides is 2. The van der Waals surface area contributed by atoms with Crippen molar-refractivity contribution in [3.8, 4) is 6.07 Å². The smallest absolute Gasteiger partial charge is 0.413 e. The standard InChI is InChI=1S/C27H47N7O4/c1-3-14-33-15-12-27(21-28,13-16-33)32-24(35)23(29-22-10-8-6-5-7-9-11-22)30-25(31-26(36)38-4-2)34-17-19-37-20-18-34/h22-23,29H,3-20H2,1-2H3,(H,32,35)(H,30,31,36). The first-order valence-electron chi connectivity index (χ1n) is 14.5. The number of carbonyl (C=O) groups is 2. The zero-order chi connectivity index (χ0) is 27.2. The van der Waals surface area contributed by atoms with Gasteiger partial charge in [0.2, 0.25) is 5.96 Å². The third-order valence-corrected chi connectivity index (χ3v) is 7.62. The number of aliphatic imine (C=N–C) groups is 1. The molecule has 1 saturated carbocycles. The second-order valence-corrected chi connectivity index (χ2v) is 10.5. The van der Waals surface area contributed by atoms with Crippen molar-refractivity contribution in [1.29, 1.82) is 5.26 Å². The SMILES string of the molecule is CCCN1CCC(C#N)(NC(=O)C(/N=C(\NC(=O)OCC)N2CCOCC2)NC2CCCCCCC2)CC1. The number of rotatable bonds is 8. The molecule has 2 aliphatic heterocycles. The Bertz CT molecular complexity index is 809. The first kappa shape index (κ1) is 30.1. The zero-order valence-electron chi connectivity index (χ0n) is 23.3. The average molecular weight is 534 g/mol. The summed E-state index contributed by atoms with van der Waals surface area (Å²) in [4.78, 5) is 35.2. The number of ether oxygens (including phenoxy) is 2. The Kier molecular flexibility index (Phi) is 12.6. The molecule has 0 radical (unpaired) electrons. The second-order valence-electron chi connectivity index (χ2n) is 10.5. The second kappa shape index (κ2) is 15.9. The van der Waals surface area contributed by atoms with E-state index in [1.54, 1.807) is 6.92 Å². The zero-order valence-corrected chi connectivity index (χ0v) is 23.3. The van der Waals surface area contributed by atoms with Gasteiger partial charge in [-0.05, 0) is 45.6 Å². The number of alkyl carbamates (subject to hydrolysis) is 1. The maximum absolute atomic E-state index is 13.8. The number of likely N-dealkylation sites (tertiary alicyclic amines) is 1. The third kappa shape index (κ3) is 9.40. The quantitative estimate of drug-likeness (QED) is 0.320. The molecule has 0 aromatic carbocycles. The molecule has 0 bridgehead atoms. The highest BCUT2D eigenvalue weighted by atomic mass is 16.5. The lowest BCUT2D eigenvalue weighted by molar-refractivity contribution is -0.125. The van der Waals surface area contributed by atoms with Gasteiger partial charge in [0.15, 0.2) is 6.17 Å². The lowest BCUT2D eigenvalue weighted by Crippen LogP contribution is -2.59. The number of hydrogen-bond donors (Lipinski definition) is 3. The van der Waals surface area contributed by atoms with Crippen LogP contribution in [-0.2, 0) is 14.3 Å². The number of morpholine rings is 1. The van der Waals surface area contributed by atoms with Crippen LogP contribution in [0.2, 0.25) is 0 Å². The highest BCUT2D eigenvalue weighted by molar-refractivity contribution is 5.96. The fourth-order valence-electron chi connectivity index (χ4n) is 5.41. The first-order chi connectivity index (χ1) is 18.5. The van der Waals surface area contributed by atoms with Crippen LogP contribution >= 0.6 is 0 Å². The summed E-state index contributed by atoms with van der Waals surface area (Å²) in [6.07, 6.45) is 8.41. The van der Waals surface area contributed by atoms with Crippen LogP contribution < -0.4 is 16.0 Å². The predicted octanol–water partition coefficient (Wildman–Crippen LogP) is 2.33. The largest absolute Gasteiger partial charge is 0.450 e. The van der Waals surface area contributed by atoms with Gasteiger partial charge in [-0.3, -0.25) is 15.4 Å². The molecule has 1 aliphatic carbocycles. The van der Waals surface area contributed by atoms with Gasteiger partial charge in [0.1, 0.15) is 5.54 Å². The number of hydrogen-bond acceptors (Lipinski definition) is 8. The molecule has 3 rings (SSSR count). The number of nitriles is 1. The summed E-state index contributed by atoms with van der Waals surface area (Å²) in [5.41, 5.74) is -0.925. The topological polar surface area (TPSA) is 131 Å². The minimum absolute atomic E-state index is 0.132. The van der Waals surface area contributed by atoms with E-state index in [0.717, 1.165) is 51.7 Å². The molecule has 2 heterocycles. The van der Waals surface area contributed by atoms with Crippen LogP contribution in [0, 0.1) is 11.3 Å². The van der Waals surface area contributed by atoms with Crippen LogP contribution in [0.5, 0.6) is 0 Å². The van der Waals surface area contributed by atoms with E-state index >= 15 is 0 Å². The number of guanidine groups is 1. The van der Waals surface area contributed by atoms with Crippen molar-refractivity contribution in [2.75, 3.05) is 52.5 Å². The van der Waals surface area contributed by atoms with Gasteiger partial charge in [-0.25, -0.2) is 9.79 Å². The summed E-state index contributed by atoms with van der Waals surface area (Å²) >= 11 is 0. The van der Waals surface area contributed by atoms with Crippen LogP contribution in [0.1, 0.15) is 78.1 Å². The Hall–Kier alpha value is -2.42. The van der Waals surface area contributed by atoms with Crippen LogP contribution in [0.25, 0.3) is 0 Å². The van der Waals surface area contributed by atoms with E-state index in [1.807, 2.05) is 4.90 Å². The van der Waals surface area contributed by atoms with E-state index in [1.165, 1.54) is 19.3 Å². The van der Waals surface area contributed by atoms with E-state index < -0.39 is 17.8 Å². The summed E-state index contributed by atoms with van der Waals surface area (Å²) in [7, 11) is 0. The van der Waals surface area contributed by atoms with Crippen molar-refractivity contribution in [2.45, 2.75) is 95.8 Å². The molecule has 11 nitrogen and oxygen atoms in total. The van der Waals surface area contributed by atoms with E-state index in [9.17, 15) is 14.9 Å². The van der Waals surface area contributed by atoms with Crippen molar-refractivity contribution in [3.63, 3.8) is 0 Å². The summed E-state index contributed by atoms with van der Waals surface area (Å²) < 4.78 is 10.6. The van der Waals surface area contributed by atoms with Gasteiger partial charge in [-0.15, -0.1) is 0 Å². The Morgan fingerprint density at radius 3 is 2.34 bits per heavy atom. The summed E-state index contributed by atoms with van der Waals surface area (Å²) in [6.45, 7) is 8.74. The molecule has 1 atom stereocenters. The summed E-state index contributed by atoms with van der Waals surface area (Å²) in [6, 6.07) is 2.53. The average Bonchev–Trinajstić information content (AvgIpc) is 2.91. The Balaban J connectivity index is 1.83. The molecule has 3 N–H and O–H groups in total. The molecule has 2 amide bonds. The van der Waals surface area contributed by atoms with Crippen LogP contribution in [0.4, 0.5) is 4.79 Å². The van der Waals surface area contributed by atoms with Gasteiger partial charge >= 0.3 is 6.09 Å². The van der Waals surface area contributed by atoms with E-state index in [4.69, 9.17) is 14.5 Å². The van der Waals surface area contributed by atoms with Gasteiger partial charge in [-0.1, -0.05) is 39.0 Å². The minimum atomic E-state index is -0.946. The van der Waals surface area contributed by atoms with Crippen molar-refractivity contribution in [2.24, 2.45) is 4.99 Å². The molecule has 11 heteroatoms. The van der Waals surface area contributed by atoms with Crippen molar-refractivity contribution in [1.82, 2.24) is 25.8 Å². The molecule has 3 aliphatic rings. The minimum Gasteiger partial charge on any atom is -0.450 e. The molecule has 0 spiro atoms. The maximum Gasteiger partial charge on any atom is 0.413 e. The summed E-state index contributed by atoms with van der Waals surface area (Å²) in [5.74, 6) is -0.0528. The fourth-order valence-corrected chi connectivity index (χ4v) is 5.41. The van der Waals surface area contributed by atoms with E-state index in [2.05, 4.69) is 33.8 Å². The molecule has 214 valence electrons. The Morgan fingerprint density at radius 1 is 1.08 bits per heavy atom. The first-order valence-corrected chi connectivity index (χ1v) is 14.5. The number of piperidine rings is 1. The van der Waals surface area contributed by atoms with Crippen LogP contribution in [-0.4, -0.2) is 98.1 Å².